The van der Waals surface area contributed by atoms with Crippen LogP contribution in [0.4, 0.5) is 0 Å². The predicted octanol–water partition coefficient (Wildman–Crippen LogP) is 1.07. The highest BCUT2D eigenvalue weighted by atomic mass is 16.6. The Morgan fingerprint density at radius 2 is 2.27 bits per heavy atom. The molecule has 0 atom stereocenters. The van der Waals surface area contributed by atoms with Crippen molar-refractivity contribution in [1.29, 1.82) is 0 Å². The molecule has 0 saturated heterocycles. The number of rotatable bonds is 2. The molecule has 11 heavy (non-hydrogen) atoms. The molecule has 1 aromatic heterocycles. The van der Waals surface area contributed by atoms with Crippen molar-refractivity contribution in [3.05, 3.63) is 27.5 Å². The van der Waals surface area contributed by atoms with Crippen molar-refractivity contribution in [3.8, 4) is 0 Å². The maximum Gasteiger partial charge on any atom is 0.278 e. The van der Waals surface area contributed by atoms with Crippen LogP contribution in [-0.2, 0) is 6.54 Å². The first-order chi connectivity index (χ1) is 5.09. The Balaban J connectivity index is 2.81. The second-order valence-electron chi connectivity index (χ2n) is 2.24. The molecule has 0 aliphatic carbocycles. The summed E-state index contributed by atoms with van der Waals surface area (Å²) in [4.78, 5) is 13.4. The predicted molar refractivity (Wildman–Crippen MR) is 36.7 cm³/mol. The van der Waals surface area contributed by atoms with Crippen molar-refractivity contribution in [3.63, 3.8) is 0 Å². The van der Waals surface area contributed by atoms with Gasteiger partial charge in [0.1, 0.15) is 5.76 Å². The zero-order chi connectivity index (χ0) is 8.43. The molecule has 5 heteroatoms. The normalized spacial score (nSPS) is 10.0. The SMILES string of the molecule is Cc1nc(C[N+](=O)[O-])oc1C. The first-order valence-electron chi connectivity index (χ1n) is 3.14. The maximum absolute atomic E-state index is 9.99. The molecular weight excluding hydrogens is 148 g/mol. The first-order valence-corrected chi connectivity index (χ1v) is 3.14. The van der Waals surface area contributed by atoms with Crippen molar-refractivity contribution >= 4 is 0 Å². The molecule has 0 bridgehead atoms. The topological polar surface area (TPSA) is 69.2 Å². The van der Waals surface area contributed by atoms with E-state index in [1.807, 2.05) is 0 Å². The molecule has 0 aromatic carbocycles. The molecule has 0 radical (unpaired) electrons. The summed E-state index contributed by atoms with van der Waals surface area (Å²) >= 11 is 0. The van der Waals surface area contributed by atoms with E-state index < -0.39 is 4.92 Å². The highest BCUT2D eigenvalue weighted by molar-refractivity contribution is 5.04. The van der Waals surface area contributed by atoms with Crippen LogP contribution in [0, 0.1) is 24.0 Å². The van der Waals surface area contributed by atoms with Crippen LogP contribution in [0.1, 0.15) is 17.3 Å². The molecule has 0 amide bonds. The van der Waals surface area contributed by atoms with Crippen LogP contribution in [0.15, 0.2) is 4.42 Å². The summed E-state index contributed by atoms with van der Waals surface area (Å²) in [6.45, 7) is 3.14. The lowest BCUT2D eigenvalue weighted by Crippen LogP contribution is -1.97. The van der Waals surface area contributed by atoms with Gasteiger partial charge < -0.3 is 4.42 Å². The molecule has 1 heterocycles. The van der Waals surface area contributed by atoms with Gasteiger partial charge in [-0.1, -0.05) is 0 Å². The van der Waals surface area contributed by atoms with E-state index in [1.165, 1.54) is 0 Å². The number of aromatic nitrogens is 1. The average Bonchev–Trinajstić information content (AvgIpc) is 2.10. The van der Waals surface area contributed by atoms with Gasteiger partial charge in [0.15, 0.2) is 0 Å². The molecular formula is C6H8N2O3. The molecule has 0 spiro atoms. The summed E-state index contributed by atoms with van der Waals surface area (Å²) < 4.78 is 4.97. The van der Waals surface area contributed by atoms with Crippen molar-refractivity contribution in [2.75, 3.05) is 0 Å². The van der Waals surface area contributed by atoms with Gasteiger partial charge in [0.25, 0.3) is 12.4 Å². The molecule has 0 aliphatic heterocycles. The van der Waals surface area contributed by atoms with Gasteiger partial charge in [-0.2, -0.15) is 0 Å². The Morgan fingerprint density at radius 3 is 2.64 bits per heavy atom. The molecule has 1 rings (SSSR count). The van der Waals surface area contributed by atoms with Crippen LogP contribution >= 0.6 is 0 Å². The van der Waals surface area contributed by atoms with Crippen LogP contribution in [0.3, 0.4) is 0 Å². The van der Waals surface area contributed by atoms with Crippen LogP contribution < -0.4 is 0 Å². The number of oxazole rings is 1. The Kier molecular flexibility index (Phi) is 1.89. The molecule has 0 aliphatic rings. The number of nitro groups is 1. The summed E-state index contributed by atoms with van der Waals surface area (Å²) in [6.07, 6.45) is 0. The van der Waals surface area contributed by atoms with Gasteiger partial charge in [-0.05, 0) is 13.8 Å². The van der Waals surface area contributed by atoms with E-state index in [0.717, 1.165) is 0 Å². The lowest BCUT2D eigenvalue weighted by atomic mass is 10.4. The van der Waals surface area contributed by atoms with Crippen molar-refractivity contribution in [2.45, 2.75) is 20.4 Å². The highest BCUT2D eigenvalue weighted by Gasteiger charge is 2.10. The molecule has 5 nitrogen and oxygen atoms in total. The summed E-state index contributed by atoms with van der Waals surface area (Å²) in [7, 11) is 0. The van der Waals surface area contributed by atoms with Crippen LogP contribution in [0.5, 0.6) is 0 Å². The van der Waals surface area contributed by atoms with Crippen molar-refractivity contribution in [1.82, 2.24) is 4.98 Å². The van der Waals surface area contributed by atoms with Gasteiger partial charge >= 0.3 is 0 Å². The number of nitrogens with zero attached hydrogens (tertiary/aromatic N) is 2. The lowest BCUT2D eigenvalue weighted by molar-refractivity contribution is -0.500. The highest BCUT2D eigenvalue weighted by Crippen LogP contribution is 2.08. The summed E-state index contributed by atoms with van der Waals surface area (Å²) in [5.74, 6) is 0.812. The van der Waals surface area contributed by atoms with E-state index in [2.05, 4.69) is 4.98 Å². The van der Waals surface area contributed by atoms with Crippen LogP contribution in [0.25, 0.3) is 0 Å². The second kappa shape index (κ2) is 2.69. The quantitative estimate of drug-likeness (QED) is 0.474. The lowest BCUT2D eigenvalue weighted by Gasteiger charge is -1.84. The minimum atomic E-state index is -0.468. The van der Waals surface area contributed by atoms with E-state index in [4.69, 9.17) is 4.42 Å². The van der Waals surface area contributed by atoms with Crippen molar-refractivity contribution in [2.24, 2.45) is 0 Å². The van der Waals surface area contributed by atoms with E-state index in [9.17, 15) is 10.1 Å². The summed E-state index contributed by atoms with van der Waals surface area (Å²) in [6, 6.07) is 0. The number of hydrogen-bond acceptors (Lipinski definition) is 4. The fourth-order valence-electron chi connectivity index (χ4n) is 0.717. The standard InChI is InChI=1S/C6H8N2O3/c1-4-5(2)11-6(7-4)3-8(9)10/h3H2,1-2H3. The third-order valence-corrected chi connectivity index (χ3v) is 1.34. The molecule has 0 fully saturated rings. The number of hydrogen-bond donors (Lipinski definition) is 0. The monoisotopic (exact) mass is 156 g/mol. The van der Waals surface area contributed by atoms with Crippen LogP contribution in [0.2, 0.25) is 0 Å². The van der Waals surface area contributed by atoms with Crippen molar-refractivity contribution < 1.29 is 9.34 Å². The first kappa shape index (κ1) is 7.71. The smallest absolute Gasteiger partial charge is 0.278 e. The van der Waals surface area contributed by atoms with Gasteiger partial charge in [-0.15, -0.1) is 0 Å². The Hall–Kier alpha value is -1.39. The van der Waals surface area contributed by atoms with Gasteiger partial charge in [-0.25, -0.2) is 4.98 Å². The fraction of sp³-hybridized carbons (Fsp3) is 0.500. The Bertz CT molecular complexity index is 260. The van der Waals surface area contributed by atoms with Gasteiger partial charge in [0.05, 0.1) is 5.69 Å². The Labute approximate surface area is 63.2 Å². The zero-order valence-corrected chi connectivity index (χ0v) is 6.33. The van der Waals surface area contributed by atoms with Crippen LogP contribution in [-0.4, -0.2) is 9.91 Å². The molecule has 0 saturated carbocycles. The van der Waals surface area contributed by atoms with Gasteiger partial charge in [0, 0.05) is 4.92 Å². The van der Waals surface area contributed by atoms with Gasteiger partial charge in [-0.3, -0.25) is 10.1 Å². The second-order valence-corrected chi connectivity index (χ2v) is 2.24. The largest absolute Gasteiger partial charge is 0.440 e. The van der Waals surface area contributed by atoms with Gasteiger partial charge in [0.2, 0.25) is 0 Å². The molecule has 0 N–H and O–H groups in total. The summed E-state index contributed by atoms with van der Waals surface area (Å²) in [5.41, 5.74) is 0.710. The average molecular weight is 156 g/mol. The molecule has 0 unspecified atom stereocenters. The molecule has 60 valence electrons. The third kappa shape index (κ3) is 1.76. The number of aryl methyl sites for hydroxylation is 2. The van der Waals surface area contributed by atoms with E-state index in [0.29, 0.717) is 11.5 Å². The third-order valence-electron chi connectivity index (χ3n) is 1.34. The van der Waals surface area contributed by atoms with E-state index in [-0.39, 0.29) is 12.4 Å². The fourth-order valence-corrected chi connectivity index (χ4v) is 0.717. The minimum absolute atomic E-state index is 0.171. The van der Waals surface area contributed by atoms with E-state index >= 15 is 0 Å². The maximum atomic E-state index is 9.99. The van der Waals surface area contributed by atoms with E-state index in [1.54, 1.807) is 13.8 Å². The summed E-state index contributed by atoms with van der Waals surface area (Å²) in [5, 5.41) is 9.99. The zero-order valence-electron chi connectivity index (χ0n) is 6.33. The minimum Gasteiger partial charge on any atom is -0.440 e. The Morgan fingerprint density at radius 1 is 1.64 bits per heavy atom. The molecule has 1 aromatic rings.